The van der Waals surface area contributed by atoms with Gasteiger partial charge in [0.2, 0.25) is 10.0 Å². The van der Waals surface area contributed by atoms with Gasteiger partial charge in [0.1, 0.15) is 0 Å². The van der Waals surface area contributed by atoms with Crippen molar-refractivity contribution < 1.29 is 13.2 Å². The number of rotatable bonds is 5. The van der Waals surface area contributed by atoms with Gasteiger partial charge in [0.25, 0.3) is 5.91 Å². The zero-order valence-electron chi connectivity index (χ0n) is 14.0. The average molecular weight is 339 g/mol. The average Bonchev–Trinajstić information content (AvgIpc) is 2.55. The highest BCUT2D eigenvalue weighted by atomic mass is 32.2. The molecule has 0 spiro atoms. The molecule has 1 aromatic rings. The number of hydrogen-bond donors (Lipinski definition) is 1. The molecule has 0 saturated carbocycles. The quantitative estimate of drug-likeness (QED) is 0.885. The summed E-state index contributed by atoms with van der Waals surface area (Å²) in [6, 6.07) is 3.66. The number of piperidine rings is 1. The lowest BCUT2D eigenvalue weighted by atomic mass is 9.90. The Labute approximate surface area is 138 Å². The number of amides is 1. The molecule has 1 fully saturated rings. The van der Waals surface area contributed by atoms with E-state index in [9.17, 15) is 13.2 Å². The van der Waals surface area contributed by atoms with E-state index in [2.05, 4.69) is 10.3 Å². The molecule has 2 rings (SSSR count). The molecule has 0 unspecified atom stereocenters. The van der Waals surface area contributed by atoms with Gasteiger partial charge in [-0.1, -0.05) is 0 Å². The Hall–Kier alpha value is -1.47. The Morgan fingerprint density at radius 3 is 2.52 bits per heavy atom. The molecule has 1 N–H and O–H groups in total. The molecule has 0 atom stereocenters. The summed E-state index contributed by atoms with van der Waals surface area (Å²) in [5.74, 6) is 0.138. The Morgan fingerprint density at radius 1 is 1.30 bits per heavy atom. The van der Waals surface area contributed by atoms with Crippen molar-refractivity contribution >= 4 is 15.9 Å². The van der Waals surface area contributed by atoms with Crippen LogP contribution >= 0.6 is 0 Å². The van der Waals surface area contributed by atoms with Crippen LogP contribution in [0.25, 0.3) is 0 Å². The van der Waals surface area contributed by atoms with E-state index in [0.717, 1.165) is 11.4 Å². The maximum atomic E-state index is 12.2. The highest BCUT2D eigenvalue weighted by Crippen LogP contribution is 2.30. The third-order valence-electron chi connectivity index (χ3n) is 4.24. The molecule has 1 aromatic heterocycles. The predicted molar refractivity (Wildman–Crippen MR) is 90.0 cm³/mol. The van der Waals surface area contributed by atoms with Crippen molar-refractivity contribution in [1.29, 1.82) is 0 Å². The smallest absolute Gasteiger partial charge is 0.253 e. The maximum Gasteiger partial charge on any atom is 0.253 e. The van der Waals surface area contributed by atoms with E-state index in [1.165, 1.54) is 0 Å². The molecular formula is C16H25N3O3S. The first-order valence-electron chi connectivity index (χ1n) is 8.12. The fourth-order valence-electron chi connectivity index (χ4n) is 2.93. The summed E-state index contributed by atoms with van der Waals surface area (Å²) in [6.45, 7) is 7.00. The summed E-state index contributed by atoms with van der Waals surface area (Å²) >= 11 is 0. The van der Waals surface area contributed by atoms with Gasteiger partial charge in [-0.15, -0.1) is 0 Å². The second-order valence-electron chi connectivity index (χ2n) is 5.82. The van der Waals surface area contributed by atoms with Crippen LogP contribution in [0.5, 0.6) is 0 Å². The normalized spacial score (nSPS) is 17.2. The summed E-state index contributed by atoms with van der Waals surface area (Å²) in [4.78, 5) is 16.8. The summed E-state index contributed by atoms with van der Waals surface area (Å²) < 4.78 is 25.5. The number of pyridine rings is 1. The van der Waals surface area contributed by atoms with Crippen molar-refractivity contribution in [3.63, 3.8) is 0 Å². The van der Waals surface area contributed by atoms with Crippen LogP contribution in [-0.2, 0) is 10.0 Å². The monoisotopic (exact) mass is 339 g/mol. The van der Waals surface area contributed by atoms with Crippen LogP contribution < -0.4 is 5.32 Å². The molecule has 1 aliphatic heterocycles. The van der Waals surface area contributed by atoms with Crippen molar-refractivity contribution in [2.24, 2.45) is 0 Å². The van der Waals surface area contributed by atoms with Crippen LogP contribution in [0.2, 0.25) is 0 Å². The zero-order chi connectivity index (χ0) is 17.0. The van der Waals surface area contributed by atoms with E-state index in [1.807, 2.05) is 26.0 Å². The lowest BCUT2D eigenvalue weighted by molar-refractivity contribution is 0.0953. The number of hydrogen-bond acceptors (Lipinski definition) is 4. The Morgan fingerprint density at radius 2 is 1.96 bits per heavy atom. The standard InChI is InChI=1S/C16H25N3O3S/c1-4-17-16(20)14-7-6-12(3)18-15(14)13-8-10-19(11-9-13)23(21,22)5-2/h6-7,13H,4-5,8-11H2,1-3H3,(H,17,20). The molecule has 6 nitrogen and oxygen atoms in total. The Kier molecular flexibility index (Phi) is 5.75. The van der Waals surface area contributed by atoms with Crippen LogP contribution in [0.4, 0.5) is 0 Å². The fraction of sp³-hybridized carbons (Fsp3) is 0.625. The summed E-state index contributed by atoms with van der Waals surface area (Å²) in [5, 5.41) is 2.82. The van der Waals surface area contributed by atoms with Gasteiger partial charge in [-0.2, -0.15) is 0 Å². The van der Waals surface area contributed by atoms with Gasteiger partial charge in [-0.05, 0) is 45.7 Å². The molecule has 1 saturated heterocycles. The molecule has 0 radical (unpaired) electrons. The lowest BCUT2D eigenvalue weighted by Gasteiger charge is -2.31. The minimum absolute atomic E-state index is 0.112. The van der Waals surface area contributed by atoms with Gasteiger partial charge in [-0.3, -0.25) is 9.78 Å². The number of aromatic nitrogens is 1. The van der Waals surface area contributed by atoms with Crippen molar-refractivity contribution in [1.82, 2.24) is 14.6 Å². The molecule has 1 amide bonds. The molecule has 0 aromatic carbocycles. The highest BCUT2D eigenvalue weighted by Gasteiger charge is 2.30. The van der Waals surface area contributed by atoms with E-state index in [1.54, 1.807) is 11.2 Å². The highest BCUT2D eigenvalue weighted by molar-refractivity contribution is 7.89. The van der Waals surface area contributed by atoms with E-state index < -0.39 is 10.0 Å². The molecule has 7 heteroatoms. The maximum absolute atomic E-state index is 12.2. The Balaban J connectivity index is 2.20. The molecule has 23 heavy (non-hydrogen) atoms. The minimum Gasteiger partial charge on any atom is -0.352 e. The molecule has 0 aliphatic carbocycles. The van der Waals surface area contributed by atoms with E-state index in [-0.39, 0.29) is 17.6 Å². The lowest BCUT2D eigenvalue weighted by Crippen LogP contribution is -2.39. The van der Waals surface area contributed by atoms with Gasteiger partial charge >= 0.3 is 0 Å². The summed E-state index contributed by atoms with van der Waals surface area (Å²) in [7, 11) is -3.14. The topological polar surface area (TPSA) is 79.4 Å². The van der Waals surface area contributed by atoms with E-state index in [0.29, 0.717) is 38.0 Å². The van der Waals surface area contributed by atoms with Crippen molar-refractivity contribution in [2.75, 3.05) is 25.4 Å². The third-order valence-corrected chi connectivity index (χ3v) is 6.13. The number of carbonyl (C=O) groups is 1. The van der Waals surface area contributed by atoms with Crippen LogP contribution in [0.1, 0.15) is 54.4 Å². The number of aryl methyl sites for hydroxylation is 1. The summed E-state index contributed by atoms with van der Waals surface area (Å²) in [6.07, 6.45) is 1.39. The van der Waals surface area contributed by atoms with Gasteiger partial charge in [0.05, 0.1) is 17.0 Å². The first kappa shape index (κ1) is 17.9. The number of sulfonamides is 1. The minimum atomic E-state index is -3.14. The fourth-order valence-corrected chi connectivity index (χ4v) is 4.06. The van der Waals surface area contributed by atoms with Crippen molar-refractivity contribution in [3.8, 4) is 0 Å². The SMILES string of the molecule is CCNC(=O)c1ccc(C)nc1C1CCN(S(=O)(=O)CC)CC1. The largest absolute Gasteiger partial charge is 0.352 e. The van der Waals surface area contributed by atoms with E-state index >= 15 is 0 Å². The van der Waals surface area contributed by atoms with Crippen molar-refractivity contribution in [2.45, 2.75) is 39.5 Å². The molecule has 2 heterocycles. The molecule has 1 aliphatic rings. The second kappa shape index (κ2) is 7.40. The first-order chi connectivity index (χ1) is 10.9. The van der Waals surface area contributed by atoms with Crippen molar-refractivity contribution in [3.05, 3.63) is 29.1 Å². The van der Waals surface area contributed by atoms with Crippen LogP contribution in [0.3, 0.4) is 0 Å². The third kappa shape index (κ3) is 4.09. The van der Waals surface area contributed by atoms with E-state index in [4.69, 9.17) is 0 Å². The van der Waals surface area contributed by atoms with Gasteiger partial charge in [-0.25, -0.2) is 12.7 Å². The Bertz CT molecular complexity index is 665. The second-order valence-corrected chi connectivity index (χ2v) is 8.08. The summed E-state index contributed by atoms with van der Waals surface area (Å²) in [5.41, 5.74) is 2.27. The van der Waals surface area contributed by atoms with Gasteiger partial charge in [0.15, 0.2) is 0 Å². The van der Waals surface area contributed by atoms with Gasteiger partial charge < -0.3 is 5.32 Å². The van der Waals surface area contributed by atoms with Crippen LogP contribution in [-0.4, -0.2) is 49.0 Å². The predicted octanol–water partition coefficient (Wildman–Crippen LogP) is 1.67. The van der Waals surface area contributed by atoms with Crippen LogP contribution in [0, 0.1) is 6.92 Å². The van der Waals surface area contributed by atoms with Gasteiger partial charge in [0, 0.05) is 31.2 Å². The molecular weight excluding hydrogens is 314 g/mol. The zero-order valence-corrected chi connectivity index (χ0v) is 14.8. The number of nitrogens with one attached hydrogen (secondary N) is 1. The molecule has 0 bridgehead atoms. The number of carbonyl (C=O) groups excluding carboxylic acids is 1. The van der Waals surface area contributed by atoms with Crippen LogP contribution in [0.15, 0.2) is 12.1 Å². The number of nitrogens with zero attached hydrogens (tertiary/aromatic N) is 2. The molecule has 128 valence electrons. The first-order valence-corrected chi connectivity index (χ1v) is 9.73.